The van der Waals surface area contributed by atoms with Gasteiger partial charge in [0.1, 0.15) is 12.1 Å². The zero-order valence-corrected chi connectivity index (χ0v) is 12.4. The minimum Gasteiger partial charge on any atom is -0.462 e. The van der Waals surface area contributed by atoms with Crippen LogP contribution in [0.5, 0.6) is 0 Å². The van der Waals surface area contributed by atoms with Gasteiger partial charge in [-0.2, -0.15) is 10.5 Å². The van der Waals surface area contributed by atoms with E-state index in [-0.39, 0.29) is 5.97 Å². The number of esters is 1. The van der Waals surface area contributed by atoms with E-state index in [1.807, 2.05) is 12.1 Å². The average Bonchev–Trinajstić information content (AvgIpc) is 2.56. The number of rotatable bonds is 5. The zero-order valence-electron chi connectivity index (χ0n) is 12.4. The Balaban J connectivity index is 2.25. The summed E-state index contributed by atoms with van der Waals surface area (Å²) in [6.45, 7) is 2.51. The number of carbonyl (C=O) groups excluding carboxylic acids is 1. The summed E-state index contributed by atoms with van der Waals surface area (Å²) in [5.74, 6) is -0.360. The molecule has 0 bridgehead atoms. The van der Waals surface area contributed by atoms with Gasteiger partial charge in [-0.1, -0.05) is 25.8 Å². The molecule has 0 spiro atoms. The minimum atomic E-state index is -0.360. The standard InChI is InChI=1S/C18H16N2O2/c1-2-3-4-7-22-18(21)14-6-5-13-8-16(11-19)17(12-20)10-15(13)9-14/h5-6,8-10H,2-4,7H2,1H3. The van der Waals surface area contributed by atoms with Crippen molar-refractivity contribution in [2.75, 3.05) is 6.61 Å². The maximum Gasteiger partial charge on any atom is 0.338 e. The monoisotopic (exact) mass is 292 g/mol. The molecule has 2 rings (SSSR count). The van der Waals surface area contributed by atoms with E-state index in [1.165, 1.54) is 0 Å². The molecule has 2 aromatic rings. The Bertz CT molecular complexity index is 782. The number of nitrogens with zero attached hydrogens (tertiary/aromatic N) is 2. The van der Waals surface area contributed by atoms with Crippen molar-refractivity contribution in [2.45, 2.75) is 26.2 Å². The Hall–Kier alpha value is -2.85. The van der Waals surface area contributed by atoms with Crippen molar-refractivity contribution in [1.29, 1.82) is 10.5 Å². The molecule has 22 heavy (non-hydrogen) atoms. The van der Waals surface area contributed by atoms with Crippen LogP contribution in [0.4, 0.5) is 0 Å². The molecule has 0 aromatic heterocycles. The van der Waals surface area contributed by atoms with Crippen LogP contribution < -0.4 is 0 Å². The van der Waals surface area contributed by atoms with Gasteiger partial charge in [0, 0.05) is 0 Å². The number of benzene rings is 2. The summed E-state index contributed by atoms with van der Waals surface area (Å²) >= 11 is 0. The first-order valence-electron chi connectivity index (χ1n) is 7.24. The minimum absolute atomic E-state index is 0.309. The van der Waals surface area contributed by atoms with Crippen molar-refractivity contribution in [3.8, 4) is 12.1 Å². The molecular weight excluding hydrogens is 276 g/mol. The van der Waals surface area contributed by atoms with Gasteiger partial charge in [0.25, 0.3) is 0 Å². The van der Waals surface area contributed by atoms with E-state index in [2.05, 4.69) is 6.92 Å². The van der Waals surface area contributed by atoms with Crippen molar-refractivity contribution < 1.29 is 9.53 Å². The number of nitriles is 2. The average molecular weight is 292 g/mol. The Kier molecular flexibility index (Phi) is 5.11. The molecule has 2 aromatic carbocycles. The topological polar surface area (TPSA) is 73.9 Å². The van der Waals surface area contributed by atoms with Gasteiger partial charge in [-0.3, -0.25) is 0 Å². The molecule has 0 heterocycles. The number of hydrogen-bond donors (Lipinski definition) is 0. The molecule has 0 atom stereocenters. The second-order valence-electron chi connectivity index (χ2n) is 5.03. The first-order chi connectivity index (χ1) is 10.7. The molecule has 0 fully saturated rings. The maximum atomic E-state index is 12.0. The summed E-state index contributed by atoms with van der Waals surface area (Å²) in [5, 5.41) is 19.6. The lowest BCUT2D eigenvalue weighted by atomic mass is 10.0. The fraction of sp³-hybridized carbons (Fsp3) is 0.278. The van der Waals surface area contributed by atoms with E-state index in [0.717, 1.165) is 30.0 Å². The number of hydrogen-bond acceptors (Lipinski definition) is 4. The highest BCUT2D eigenvalue weighted by Gasteiger charge is 2.10. The second-order valence-corrected chi connectivity index (χ2v) is 5.03. The van der Waals surface area contributed by atoms with Crippen molar-refractivity contribution in [1.82, 2.24) is 0 Å². The van der Waals surface area contributed by atoms with E-state index >= 15 is 0 Å². The van der Waals surface area contributed by atoms with Crippen LogP contribution in [0.1, 0.15) is 47.7 Å². The molecule has 0 N–H and O–H groups in total. The van der Waals surface area contributed by atoms with Crippen LogP contribution in [0.3, 0.4) is 0 Å². The lowest BCUT2D eigenvalue weighted by Gasteiger charge is -2.06. The van der Waals surface area contributed by atoms with Gasteiger partial charge >= 0.3 is 5.97 Å². The van der Waals surface area contributed by atoms with Crippen molar-refractivity contribution in [3.05, 3.63) is 47.0 Å². The molecule has 4 nitrogen and oxygen atoms in total. The first kappa shape index (κ1) is 15.5. The third-order valence-electron chi connectivity index (χ3n) is 3.43. The third-order valence-corrected chi connectivity index (χ3v) is 3.43. The Morgan fingerprint density at radius 1 is 1.05 bits per heavy atom. The van der Waals surface area contributed by atoms with Crippen LogP contribution in [0, 0.1) is 22.7 Å². The molecule has 0 aliphatic heterocycles. The number of ether oxygens (including phenoxy) is 1. The molecule has 0 aliphatic carbocycles. The summed E-state index contributed by atoms with van der Waals surface area (Å²) in [4.78, 5) is 12.0. The molecule has 110 valence electrons. The lowest BCUT2D eigenvalue weighted by Crippen LogP contribution is -2.06. The molecule has 0 saturated heterocycles. The van der Waals surface area contributed by atoms with Crippen LogP contribution in [-0.4, -0.2) is 12.6 Å². The van der Waals surface area contributed by atoms with Crippen LogP contribution in [0.25, 0.3) is 10.8 Å². The van der Waals surface area contributed by atoms with E-state index < -0.39 is 0 Å². The first-order valence-corrected chi connectivity index (χ1v) is 7.24. The van der Waals surface area contributed by atoms with Crippen LogP contribution in [0.2, 0.25) is 0 Å². The Morgan fingerprint density at radius 2 is 1.73 bits per heavy atom. The van der Waals surface area contributed by atoms with Gasteiger partial charge in [0.05, 0.1) is 23.3 Å². The molecule has 0 saturated carbocycles. The number of unbranched alkanes of at least 4 members (excludes halogenated alkanes) is 2. The van der Waals surface area contributed by atoms with Gasteiger partial charge in [-0.25, -0.2) is 4.79 Å². The number of carbonyl (C=O) groups is 1. The Morgan fingerprint density at radius 3 is 2.36 bits per heavy atom. The summed E-state index contributed by atoms with van der Waals surface area (Å²) < 4.78 is 5.22. The van der Waals surface area contributed by atoms with Gasteiger partial charge in [0.15, 0.2) is 0 Å². The van der Waals surface area contributed by atoms with Crippen molar-refractivity contribution in [2.24, 2.45) is 0 Å². The van der Waals surface area contributed by atoms with E-state index in [0.29, 0.717) is 23.3 Å². The summed E-state index contributed by atoms with van der Waals surface area (Å²) in [6, 6.07) is 12.4. The fourth-order valence-corrected chi connectivity index (χ4v) is 2.21. The van der Waals surface area contributed by atoms with Gasteiger partial charge < -0.3 is 4.74 Å². The van der Waals surface area contributed by atoms with Crippen molar-refractivity contribution >= 4 is 16.7 Å². The third kappa shape index (κ3) is 3.42. The highest BCUT2D eigenvalue weighted by Crippen LogP contribution is 2.21. The van der Waals surface area contributed by atoms with Crippen LogP contribution in [0.15, 0.2) is 30.3 Å². The smallest absolute Gasteiger partial charge is 0.338 e. The van der Waals surface area contributed by atoms with Gasteiger partial charge in [-0.15, -0.1) is 0 Å². The quantitative estimate of drug-likeness (QED) is 0.618. The van der Waals surface area contributed by atoms with Crippen LogP contribution in [-0.2, 0) is 4.74 Å². The number of fused-ring (bicyclic) bond motifs is 1. The summed E-state index contributed by atoms with van der Waals surface area (Å²) in [6.07, 6.45) is 2.97. The molecule has 4 heteroatoms. The van der Waals surface area contributed by atoms with E-state index in [1.54, 1.807) is 30.3 Å². The molecule has 0 unspecified atom stereocenters. The lowest BCUT2D eigenvalue weighted by molar-refractivity contribution is 0.0498. The van der Waals surface area contributed by atoms with Gasteiger partial charge in [-0.05, 0) is 41.5 Å². The summed E-state index contributed by atoms with van der Waals surface area (Å²) in [5.41, 5.74) is 1.10. The van der Waals surface area contributed by atoms with E-state index in [4.69, 9.17) is 15.3 Å². The highest BCUT2D eigenvalue weighted by molar-refractivity contribution is 5.96. The second kappa shape index (κ2) is 7.24. The summed E-state index contributed by atoms with van der Waals surface area (Å²) in [7, 11) is 0. The SMILES string of the molecule is CCCCCOC(=O)c1ccc2cc(C#N)c(C#N)cc2c1. The molecular formula is C18H16N2O2. The molecule has 0 amide bonds. The Labute approximate surface area is 129 Å². The van der Waals surface area contributed by atoms with Crippen LogP contribution >= 0.6 is 0 Å². The maximum absolute atomic E-state index is 12.0. The predicted molar refractivity (Wildman–Crippen MR) is 83.2 cm³/mol. The predicted octanol–water partition coefficient (Wildman–Crippen LogP) is 3.93. The molecule has 0 radical (unpaired) electrons. The zero-order chi connectivity index (χ0) is 15.9. The molecule has 0 aliphatic rings. The normalized spacial score (nSPS) is 9.95. The van der Waals surface area contributed by atoms with E-state index in [9.17, 15) is 4.79 Å². The highest BCUT2D eigenvalue weighted by atomic mass is 16.5. The van der Waals surface area contributed by atoms with Crippen molar-refractivity contribution in [3.63, 3.8) is 0 Å². The van der Waals surface area contributed by atoms with Gasteiger partial charge in [0.2, 0.25) is 0 Å². The largest absolute Gasteiger partial charge is 0.462 e. The fourth-order valence-electron chi connectivity index (χ4n) is 2.21.